The largest absolute Gasteiger partial charge is 0.256 e. The van der Waals surface area contributed by atoms with Gasteiger partial charge < -0.3 is 0 Å². The number of allylic oxidation sites excluding steroid dienone is 1. The second-order valence-electron chi connectivity index (χ2n) is 4.06. The third-order valence-corrected chi connectivity index (χ3v) is 2.84. The molecular weight excluding hydrogens is 194 g/mol. The molecule has 1 nitrogen and oxygen atoms in total. The van der Waals surface area contributed by atoms with Crippen molar-refractivity contribution in [3.8, 4) is 11.3 Å². The average Bonchev–Trinajstić information content (AvgIpc) is 2.70. The van der Waals surface area contributed by atoms with Crippen LogP contribution in [0, 0.1) is 6.42 Å². The highest BCUT2D eigenvalue weighted by Crippen LogP contribution is 2.33. The molecule has 1 aliphatic carbocycles. The van der Waals surface area contributed by atoms with Gasteiger partial charge in [0.05, 0.1) is 5.69 Å². The number of rotatable bonds is 1. The lowest BCUT2D eigenvalue weighted by Gasteiger charge is -2.06. The summed E-state index contributed by atoms with van der Waals surface area (Å²) in [4.78, 5) is 4.41. The molecule has 0 aliphatic heterocycles. The van der Waals surface area contributed by atoms with Crippen LogP contribution in [0.2, 0.25) is 0 Å². The SMILES string of the molecule is CC1=Cc2c(cccc2-c2ccccn2)[CH]1. The van der Waals surface area contributed by atoms with Crippen LogP contribution in [0.1, 0.15) is 18.1 Å². The molecule has 1 heteroatoms. The van der Waals surface area contributed by atoms with Crippen LogP contribution in [-0.4, -0.2) is 4.98 Å². The van der Waals surface area contributed by atoms with Gasteiger partial charge in [-0.1, -0.05) is 35.9 Å². The molecule has 1 aromatic carbocycles. The van der Waals surface area contributed by atoms with Gasteiger partial charge in [0.1, 0.15) is 0 Å². The first-order chi connectivity index (χ1) is 7.84. The Bertz CT molecular complexity index is 553. The molecule has 1 radical (unpaired) electrons. The standard InChI is InChI=1S/C15H12N/c1-11-9-12-5-4-6-13(14(12)10-11)15-7-2-3-8-16-15/h2-10H,1H3. The van der Waals surface area contributed by atoms with Gasteiger partial charge in [-0.05, 0) is 30.2 Å². The smallest absolute Gasteiger partial charge is 0.0708 e. The van der Waals surface area contributed by atoms with Crippen molar-refractivity contribution in [1.82, 2.24) is 4.98 Å². The van der Waals surface area contributed by atoms with E-state index in [2.05, 4.69) is 48.7 Å². The zero-order valence-electron chi connectivity index (χ0n) is 9.14. The van der Waals surface area contributed by atoms with Crippen molar-refractivity contribution in [1.29, 1.82) is 0 Å². The Hall–Kier alpha value is -1.89. The van der Waals surface area contributed by atoms with Gasteiger partial charge in [-0.2, -0.15) is 0 Å². The average molecular weight is 206 g/mol. The molecule has 1 aromatic heterocycles. The zero-order chi connectivity index (χ0) is 11.0. The van der Waals surface area contributed by atoms with Crippen molar-refractivity contribution in [3.63, 3.8) is 0 Å². The van der Waals surface area contributed by atoms with Crippen LogP contribution in [-0.2, 0) is 0 Å². The monoisotopic (exact) mass is 206 g/mol. The van der Waals surface area contributed by atoms with Gasteiger partial charge in [0.2, 0.25) is 0 Å². The summed E-state index contributed by atoms with van der Waals surface area (Å²) in [6.45, 7) is 2.13. The second kappa shape index (κ2) is 3.60. The molecule has 0 bridgehead atoms. The summed E-state index contributed by atoms with van der Waals surface area (Å²) in [5.74, 6) is 0. The minimum Gasteiger partial charge on any atom is -0.256 e. The van der Waals surface area contributed by atoms with Crippen molar-refractivity contribution < 1.29 is 0 Å². The molecule has 1 aliphatic rings. The normalized spacial score (nSPS) is 13.4. The number of aromatic nitrogens is 1. The summed E-state index contributed by atoms with van der Waals surface area (Å²) in [7, 11) is 0. The van der Waals surface area contributed by atoms with Crippen LogP contribution in [0.15, 0.2) is 48.2 Å². The van der Waals surface area contributed by atoms with E-state index in [1.54, 1.807) is 0 Å². The third-order valence-electron chi connectivity index (χ3n) is 2.84. The maximum atomic E-state index is 4.41. The van der Waals surface area contributed by atoms with Gasteiger partial charge in [0, 0.05) is 18.2 Å². The molecule has 0 spiro atoms. The molecule has 0 atom stereocenters. The van der Waals surface area contributed by atoms with Crippen LogP contribution in [0.3, 0.4) is 0 Å². The molecule has 0 amide bonds. The number of nitrogens with zero attached hydrogens (tertiary/aromatic N) is 1. The summed E-state index contributed by atoms with van der Waals surface area (Å²) >= 11 is 0. The number of benzene rings is 1. The lowest BCUT2D eigenvalue weighted by molar-refractivity contribution is 1.32. The Balaban J connectivity index is 2.20. The lowest BCUT2D eigenvalue weighted by Crippen LogP contribution is -1.88. The predicted octanol–water partition coefficient (Wildman–Crippen LogP) is 3.72. The summed E-state index contributed by atoms with van der Waals surface area (Å²) in [6.07, 6.45) is 6.27. The summed E-state index contributed by atoms with van der Waals surface area (Å²) in [5.41, 5.74) is 6.14. The minimum atomic E-state index is 1.04. The topological polar surface area (TPSA) is 12.9 Å². The third kappa shape index (κ3) is 1.45. The fraction of sp³-hybridized carbons (Fsp3) is 0.0667. The first-order valence-electron chi connectivity index (χ1n) is 5.42. The summed E-state index contributed by atoms with van der Waals surface area (Å²) in [6, 6.07) is 12.4. The fourth-order valence-electron chi connectivity index (χ4n) is 2.13. The molecular formula is C15H12N. The Morgan fingerprint density at radius 1 is 1.00 bits per heavy atom. The minimum absolute atomic E-state index is 1.04. The predicted molar refractivity (Wildman–Crippen MR) is 66.7 cm³/mol. The quantitative estimate of drug-likeness (QED) is 0.693. The fourth-order valence-corrected chi connectivity index (χ4v) is 2.13. The number of pyridine rings is 1. The maximum Gasteiger partial charge on any atom is 0.0708 e. The molecule has 16 heavy (non-hydrogen) atoms. The second-order valence-corrected chi connectivity index (χ2v) is 4.06. The van der Waals surface area contributed by atoms with Gasteiger partial charge in [-0.15, -0.1) is 0 Å². The number of hydrogen-bond acceptors (Lipinski definition) is 1. The molecule has 2 aromatic rings. The van der Waals surface area contributed by atoms with E-state index in [1.807, 2.05) is 18.3 Å². The summed E-state index contributed by atoms with van der Waals surface area (Å²) in [5, 5.41) is 0. The van der Waals surface area contributed by atoms with Gasteiger partial charge in [-0.3, -0.25) is 4.98 Å². The van der Waals surface area contributed by atoms with Crippen LogP contribution in [0.5, 0.6) is 0 Å². The molecule has 0 fully saturated rings. The van der Waals surface area contributed by atoms with Crippen molar-refractivity contribution >= 4 is 6.08 Å². The molecule has 77 valence electrons. The lowest BCUT2D eigenvalue weighted by atomic mass is 10.0. The van der Waals surface area contributed by atoms with Gasteiger partial charge >= 0.3 is 0 Å². The molecule has 3 rings (SSSR count). The van der Waals surface area contributed by atoms with Crippen molar-refractivity contribution in [2.75, 3.05) is 0 Å². The zero-order valence-corrected chi connectivity index (χ0v) is 9.14. The van der Waals surface area contributed by atoms with E-state index in [9.17, 15) is 0 Å². The summed E-state index contributed by atoms with van der Waals surface area (Å²) < 4.78 is 0. The molecule has 1 heterocycles. The highest BCUT2D eigenvalue weighted by molar-refractivity contribution is 5.81. The highest BCUT2D eigenvalue weighted by Gasteiger charge is 2.14. The molecule has 0 unspecified atom stereocenters. The van der Waals surface area contributed by atoms with E-state index in [0.717, 1.165) is 5.69 Å². The Labute approximate surface area is 95.5 Å². The molecule has 0 saturated heterocycles. The van der Waals surface area contributed by atoms with Gasteiger partial charge in [0.25, 0.3) is 0 Å². The molecule has 0 N–H and O–H groups in total. The van der Waals surface area contributed by atoms with E-state index in [4.69, 9.17) is 0 Å². The van der Waals surface area contributed by atoms with Gasteiger partial charge in [0.15, 0.2) is 0 Å². The van der Waals surface area contributed by atoms with E-state index >= 15 is 0 Å². The number of hydrogen-bond donors (Lipinski definition) is 0. The van der Waals surface area contributed by atoms with Crippen molar-refractivity contribution in [3.05, 3.63) is 65.7 Å². The Morgan fingerprint density at radius 2 is 1.94 bits per heavy atom. The van der Waals surface area contributed by atoms with Gasteiger partial charge in [-0.25, -0.2) is 0 Å². The molecule has 0 saturated carbocycles. The van der Waals surface area contributed by atoms with E-state index in [1.165, 1.54) is 22.3 Å². The van der Waals surface area contributed by atoms with Crippen molar-refractivity contribution in [2.45, 2.75) is 6.92 Å². The highest BCUT2D eigenvalue weighted by atomic mass is 14.7. The van der Waals surface area contributed by atoms with E-state index in [-0.39, 0.29) is 0 Å². The Morgan fingerprint density at radius 3 is 2.75 bits per heavy atom. The van der Waals surface area contributed by atoms with Crippen LogP contribution >= 0.6 is 0 Å². The number of fused-ring (bicyclic) bond motifs is 1. The Kier molecular flexibility index (Phi) is 2.10. The van der Waals surface area contributed by atoms with E-state index < -0.39 is 0 Å². The first kappa shape index (κ1) is 9.34. The van der Waals surface area contributed by atoms with E-state index in [0.29, 0.717) is 0 Å². The van der Waals surface area contributed by atoms with Crippen molar-refractivity contribution in [2.24, 2.45) is 0 Å². The first-order valence-corrected chi connectivity index (χ1v) is 5.42. The van der Waals surface area contributed by atoms with Crippen LogP contribution in [0.4, 0.5) is 0 Å². The maximum absolute atomic E-state index is 4.41. The van der Waals surface area contributed by atoms with Crippen LogP contribution < -0.4 is 0 Å². The van der Waals surface area contributed by atoms with Crippen LogP contribution in [0.25, 0.3) is 17.3 Å².